The molecule has 0 unspecified atom stereocenters. The Morgan fingerprint density at radius 1 is 0.236 bits per heavy atom. The summed E-state index contributed by atoms with van der Waals surface area (Å²) in [5.41, 5.74) is 20.9. The van der Waals surface area contributed by atoms with Gasteiger partial charge in [0.15, 0.2) is 0 Å². The fourth-order valence-corrected chi connectivity index (χ4v) is 10.7. The molecule has 72 heavy (non-hydrogen) atoms. The van der Waals surface area contributed by atoms with E-state index < -0.39 is 0 Å². The van der Waals surface area contributed by atoms with Gasteiger partial charge in [-0.25, -0.2) is 0 Å². The molecule has 342 valence electrons. The molecule has 0 N–H and O–H groups in total. The van der Waals surface area contributed by atoms with Crippen LogP contribution >= 0.6 is 0 Å². The van der Waals surface area contributed by atoms with E-state index >= 15 is 0 Å². The first-order chi connectivity index (χ1) is 35.5. The van der Waals surface area contributed by atoms with Crippen molar-refractivity contribution in [3.63, 3.8) is 0 Å². The van der Waals surface area contributed by atoms with E-state index in [2.05, 4.69) is 300 Å². The number of fused-ring (bicyclic) bond motifs is 6. The lowest BCUT2D eigenvalue weighted by Gasteiger charge is -2.26. The first-order valence-electron chi connectivity index (χ1n) is 24.7. The molecular weight excluding hydrogens is 873 g/mol. The Morgan fingerprint density at radius 2 is 0.528 bits per heavy atom. The van der Waals surface area contributed by atoms with Crippen molar-refractivity contribution in [2.75, 3.05) is 9.80 Å². The summed E-state index contributed by atoms with van der Waals surface area (Å²) in [5, 5.41) is 4.92. The monoisotopic (exact) mass is 922 g/mol. The number of para-hydroxylation sites is 4. The lowest BCUT2D eigenvalue weighted by atomic mass is 9.99. The number of hydrogen-bond acceptors (Lipinski definition) is 2. The maximum atomic E-state index is 2.38. The number of aryl methyl sites for hydroxylation is 2. The average Bonchev–Trinajstić information content (AvgIpc) is 3.95. The summed E-state index contributed by atoms with van der Waals surface area (Å²) in [7, 11) is 0. The highest BCUT2D eigenvalue weighted by molar-refractivity contribution is 6.12. The van der Waals surface area contributed by atoms with Crippen LogP contribution in [0, 0.1) is 13.8 Å². The third-order valence-corrected chi connectivity index (χ3v) is 14.2. The minimum absolute atomic E-state index is 1.10. The first-order valence-corrected chi connectivity index (χ1v) is 24.7. The summed E-state index contributed by atoms with van der Waals surface area (Å²) in [6, 6.07) is 97.1. The molecule has 2 aromatic heterocycles. The normalized spacial score (nSPS) is 11.5. The Kier molecular flexibility index (Phi) is 10.6. The summed E-state index contributed by atoms with van der Waals surface area (Å²) in [6.45, 7) is 4.27. The van der Waals surface area contributed by atoms with Crippen LogP contribution in [0.4, 0.5) is 34.1 Å². The maximum absolute atomic E-state index is 2.38. The zero-order valence-electron chi connectivity index (χ0n) is 40.2. The number of anilines is 6. The third kappa shape index (κ3) is 7.58. The molecular formula is C68H50N4. The summed E-state index contributed by atoms with van der Waals surface area (Å²) >= 11 is 0. The molecule has 11 aromatic carbocycles. The molecule has 0 bridgehead atoms. The van der Waals surface area contributed by atoms with Gasteiger partial charge >= 0.3 is 0 Å². The van der Waals surface area contributed by atoms with Gasteiger partial charge in [-0.05, 0) is 157 Å². The van der Waals surface area contributed by atoms with E-state index in [4.69, 9.17) is 0 Å². The molecule has 4 heteroatoms. The standard InChI is InChI=1S/C68H50N4/c1-47-21-33-57(34-22-47)71-65-19-11-9-17-61(65)63-45-59(41-43-67(63)71)69(53-13-5-3-6-14-53)55-37-29-51(30-38-55)49-25-27-50(28-26-49)52-31-39-56(40-32-52)70(54-15-7-4-8-16-54)60-42-44-68-64(46-60)62-18-10-12-20-66(62)72(68)58-35-23-48(2)24-36-58/h3-46H,1-2H3. The molecule has 0 spiro atoms. The second kappa shape index (κ2) is 17.9. The molecule has 0 aliphatic rings. The number of nitrogens with zero attached hydrogens (tertiary/aromatic N) is 4. The summed E-state index contributed by atoms with van der Waals surface area (Å²) in [5.74, 6) is 0. The van der Waals surface area contributed by atoms with E-state index in [-0.39, 0.29) is 0 Å². The van der Waals surface area contributed by atoms with Gasteiger partial charge in [0.05, 0.1) is 22.1 Å². The summed E-state index contributed by atoms with van der Waals surface area (Å²) < 4.78 is 4.76. The lowest BCUT2D eigenvalue weighted by Crippen LogP contribution is -2.09. The summed E-state index contributed by atoms with van der Waals surface area (Å²) in [6.07, 6.45) is 0. The van der Waals surface area contributed by atoms with Crippen LogP contribution in [0.1, 0.15) is 11.1 Å². The fraction of sp³-hybridized carbons (Fsp3) is 0.0294. The molecule has 13 aromatic rings. The van der Waals surface area contributed by atoms with Gasteiger partial charge in [-0.3, -0.25) is 0 Å². The van der Waals surface area contributed by atoms with Crippen molar-refractivity contribution in [1.82, 2.24) is 9.13 Å². The molecule has 0 atom stereocenters. The Balaban J connectivity index is 0.796. The molecule has 0 aliphatic heterocycles. The van der Waals surface area contributed by atoms with Crippen LogP contribution in [0.3, 0.4) is 0 Å². The van der Waals surface area contributed by atoms with Crippen LogP contribution in [-0.4, -0.2) is 9.13 Å². The Morgan fingerprint density at radius 3 is 0.903 bits per heavy atom. The van der Waals surface area contributed by atoms with E-state index in [9.17, 15) is 0 Å². The minimum Gasteiger partial charge on any atom is -0.310 e. The van der Waals surface area contributed by atoms with Crippen molar-refractivity contribution in [2.45, 2.75) is 13.8 Å². The Hall–Kier alpha value is -9.38. The van der Waals surface area contributed by atoms with Crippen LogP contribution in [0.5, 0.6) is 0 Å². The fourth-order valence-electron chi connectivity index (χ4n) is 10.7. The molecule has 0 aliphatic carbocycles. The number of aromatic nitrogens is 2. The molecule has 0 saturated carbocycles. The predicted octanol–water partition coefficient (Wildman–Crippen LogP) is 18.8. The smallest absolute Gasteiger partial charge is 0.0542 e. The molecule has 2 heterocycles. The van der Waals surface area contributed by atoms with E-state index in [1.54, 1.807) is 0 Å². The van der Waals surface area contributed by atoms with E-state index in [1.807, 2.05) is 0 Å². The third-order valence-electron chi connectivity index (χ3n) is 14.2. The first kappa shape index (κ1) is 42.7. The topological polar surface area (TPSA) is 16.3 Å². The zero-order chi connectivity index (χ0) is 48.1. The quantitative estimate of drug-likeness (QED) is 0.136. The molecule has 0 fully saturated rings. The second-order valence-corrected chi connectivity index (χ2v) is 18.8. The minimum atomic E-state index is 1.10. The van der Waals surface area contributed by atoms with Gasteiger partial charge in [0.2, 0.25) is 0 Å². The van der Waals surface area contributed by atoms with Crippen LogP contribution in [0.15, 0.2) is 267 Å². The van der Waals surface area contributed by atoms with Crippen LogP contribution in [-0.2, 0) is 0 Å². The van der Waals surface area contributed by atoms with Gasteiger partial charge in [0, 0.05) is 67.0 Å². The Bertz CT molecular complexity index is 3790. The largest absolute Gasteiger partial charge is 0.310 e. The van der Waals surface area contributed by atoms with Crippen molar-refractivity contribution >= 4 is 77.7 Å². The highest BCUT2D eigenvalue weighted by Crippen LogP contribution is 2.43. The number of hydrogen-bond donors (Lipinski definition) is 0. The average molecular weight is 923 g/mol. The zero-order valence-corrected chi connectivity index (χ0v) is 40.2. The summed E-state index contributed by atoms with van der Waals surface area (Å²) in [4.78, 5) is 4.71. The van der Waals surface area contributed by atoms with Crippen molar-refractivity contribution in [2.24, 2.45) is 0 Å². The maximum Gasteiger partial charge on any atom is 0.0542 e. The number of rotatable bonds is 10. The predicted molar refractivity (Wildman–Crippen MR) is 305 cm³/mol. The van der Waals surface area contributed by atoms with Gasteiger partial charge in [-0.2, -0.15) is 0 Å². The van der Waals surface area contributed by atoms with E-state index in [1.165, 1.54) is 77.0 Å². The van der Waals surface area contributed by atoms with Gasteiger partial charge in [0.25, 0.3) is 0 Å². The number of benzene rings is 11. The van der Waals surface area contributed by atoms with Gasteiger partial charge in [-0.1, -0.05) is 157 Å². The van der Waals surface area contributed by atoms with Crippen molar-refractivity contribution in [3.05, 3.63) is 278 Å². The van der Waals surface area contributed by atoms with Gasteiger partial charge in [-0.15, -0.1) is 0 Å². The second-order valence-electron chi connectivity index (χ2n) is 18.8. The van der Waals surface area contributed by atoms with E-state index in [0.717, 1.165) is 45.5 Å². The van der Waals surface area contributed by atoms with Crippen LogP contribution in [0.25, 0.3) is 77.2 Å². The highest BCUT2D eigenvalue weighted by Gasteiger charge is 2.20. The molecule has 4 nitrogen and oxygen atoms in total. The van der Waals surface area contributed by atoms with Crippen molar-refractivity contribution < 1.29 is 0 Å². The van der Waals surface area contributed by atoms with E-state index in [0.29, 0.717) is 0 Å². The molecule has 0 amide bonds. The highest BCUT2D eigenvalue weighted by atomic mass is 15.1. The van der Waals surface area contributed by atoms with Gasteiger partial charge < -0.3 is 18.9 Å². The lowest BCUT2D eigenvalue weighted by molar-refractivity contribution is 1.17. The van der Waals surface area contributed by atoms with Gasteiger partial charge in [0.1, 0.15) is 0 Å². The van der Waals surface area contributed by atoms with Crippen molar-refractivity contribution in [1.29, 1.82) is 0 Å². The van der Waals surface area contributed by atoms with Crippen LogP contribution < -0.4 is 9.80 Å². The SMILES string of the molecule is Cc1ccc(-n2c3ccccc3c3cc(N(c4ccccc4)c4ccc(-c5ccc(-c6ccc(N(c7ccccc7)c7ccc8c(c7)c7ccccc7n8-c7ccc(C)cc7)cc6)cc5)cc4)ccc32)cc1. The van der Waals surface area contributed by atoms with Crippen LogP contribution in [0.2, 0.25) is 0 Å². The Labute approximate surface area is 420 Å². The van der Waals surface area contributed by atoms with Crippen molar-refractivity contribution in [3.8, 4) is 33.6 Å². The molecule has 0 saturated heterocycles. The molecule has 13 rings (SSSR count). The molecule has 0 radical (unpaired) electrons.